The maximum atomic E-state index is 13.5. The van der Waals surface area contributed by atoms with E-state index in [1.165, 1.54) is 12.1 Å². The molecule has 2 aromatic rings. The Morgan fingerprint density at radius 2 is 1.92 bits per heavy atom. The van der Waals surface area contributed by atoms with E-state index >= 15 is 0 Å². The highest BCUT2D eigenvalue weighted by molar-refractivity contribution is 5.71. The highest BCUT2D eigenvalue weighted by atomic mass is 19.3. The third-order valence-corrected chi connectivity index (χ3v) is 3.86. The van der Waals surface area contributed by atoms with Gasteiger partial charge in [-0.1, -0.05) is 0 Å². The van der Waals surface area contributed by atoms with Crippen molar-refractivity contribution in [2.24, 2.45) is 4.99 Å². The zero-order chi connectivity index (χ0) is 19.3. The summed E-state index contributed by atoms with van der Waals surface area (Å²) < 4.78 is 42.4. The van der Waals surface area contributed by atoms with E-state index in [1.807, 2.05) is 44.9 Å². The molecule has 0 amide bonds. The first kappa shape index (κ1) is 19.6. The summed E-state index contributed by atoms with van der Waals surface area (Å²) in [6.07, 6.45) is 1.77. The molecule has 7 heteroatoms. The van der Waals surface area contributed by atoms with Gasteiger partial charge in [-0.3, -0.25) is 0 Å². The van der Waals surface area contributed by atoms with Gasteiger partial charge in [0.15, 0.2) is 11.6 Å². The zero-order valence-corrected chi connectivity index (χ0v) is 15.2. The summed E-state index contributed by atoms with van der Waals surface area (Å²) in [7, 11) is 1.94. The van der Waals surface area contributed by atoms with Crippen LogP contribution in [0.4, 0.5) is 30.2 Å². The lowest BCUT2D eigenvalue weighted by Crippen LogP contribution is -2.14. The van der Waals surface area contributed by atoms with Crippen molar-refractivity contribution in [3.63, 3.8) is 0 Å². The number of alkyl halides is 2. The molecular weight excluding hydrogens is 343 g/mol. The van der Waals surface area contributed by atoms with Gasteiger partial charge in [0.05, 0.1) is 12.0 Å². The molecule has 0 saturated heterocycles. The van der Waals surface area contributed by atoms with Crippen LogP contribution >= 0.6 is 0 Å². The van der Waals surface area contributed by atoms with Gasteiger partial charge in [-0.25, -0.2) is 9.38 Å². The van der Waals surface area contributed by atoms with Crippen LogP contribution in [0.3, 0.4) is 0 Å². The second-order valence-electron chi connectivity index (χ2n) is 5.92. The minimum atomic E-state index is -3.08. The second-order valence-corrected chi connectivity index (χ2v) is 5.92. The standard InChI is InChI=1S/C19H22F3N3O/c1-5-25(4)11-23-16-8-13(3)17(9-12(16)2)24-14-6-7-15(20)18(10-14)26-19(21)22/h6-11,19,24H,5H2,1-4H3. The van der Waals surface area contributed by atoms with E-state index in [4.69, 9.17) is 0 Å². The van der Waals surface area contributed by atoms with Crippen molar-refractivity contribution in [3.8, 4) is 5.75 Å². The molecule has 0 bridgehead atoms. The molecule has 1 N–H and O–H groups in total. The first-order valence-electron chi connectivity index (χ1n) is 8.17. The van der Waals surface area contributed by atoms with Crippen molar-refractivity contribution in [2.75, 3.05) is 18.9 Å². The summed E-state index contributed by atoms with van der Waals surface area (Å²) in [6, 6.07) is 7.59. The summed E-state index contributed by atoms with van der Waals surface area (Å²) in [6.45, 7) is 3.65. The maximum Gasteiger partial charge on any atom is 0.387 e. The number of benzene rings is 2. The van der Waals surface area contributed by atoms with Gasteiger partial charge in [-0.2, -0.15) is 8.78 Å². The zero-order valence-electron chi connectivity index (χ0n) is 15.2. The smallest absolute Gasteiger partial charge is 0.387 e. The number of hydrogen-bond donors (Lipinski definition) is 1. The molecule has 0 aliphatic rings. The Hall–Kier alpha value is -2.70. The lowest BCUT2D eigenvalue weighted by Gasteiger charge is -2.14. The Morgan fingerprint density at radius 3 is 2.58 bits per heavy atom. The van der Waals surface area contributed by atoms with Crippen molar-refractivity contribution in [2.45, 2.75) is 27.4 Å². The Labute approximate surface area is 151 Å². The topological polar surface area (TPSA) is 36.9 Å². The van der Waals surface area contributed by atoms with Gasteiger partial charge >= 0.3 is 6.61 Å². The third-order valence-electron chi connectivity index (χ3n) is 3.86. The van der Waals surface area contributed by atoms with E-state index in [-0.39, 0.29) is 0 Å². The average molecular weight is 365 g/mol. The van der Waals surface area contributed by atoms with E-state index in [1.54, 1.807) is 6.34 Å². The number of aryl methyl sites for hydroxylation is 2. The number of ether oxygens (including phenoxy) is 1. The van der Waals surface area contributed by atoms with E-state index in [2.05, 4.69) is 15.0 Å². The van der Waals surface area contributed by atoms with Crippen LogP contribution in [-0.4, -0.2) is 31.4 Å². The fourth-order valence-electron chi connectivity index (χ4n) is 2.24. The third kappa shape index (κ3) is 5.15. The maximum absolute atomic E-state index is 13.5. The molecule has 0 saturated carbocycles. The number of rotatable bonds is 7. The molecule has 0 aliphatic heterocycles. The first-order valence-corrected chi connectivity index (χ1v) is 8.17. The second kappa shape index (κ2) is 8.60. The fraction of sp³-hybridized carbons (Fsp3) is 0.316. The summed E-state index contributed by atoms with van der Waals surface area (Å²) in [5.41, 5.74) is 3.94. The van der Waals surface area contributed by atoms with Gasteiger partial charge < -0.3 is 15.0 Å². The quantitative estimate of drug-likeness (QED) is 0.527. The number of aliphatic imine (C=N–C) groups is 1. The van der Waals surface area contributed by atoms with Gasteiger partial charge in [-0.15, -0.1) is 0 Å². The van der Waals surface area contributed by atoms with Crippen molar-refractivity contribution in [1.29, 1.82) is 0 Å². The van der Waals surface area contributed by atoms with Gasteiger partial charge in [0.25, 0.3) is 0 Å². The van der Waals surface area contributed by atoms with Crippen LogP contribution in [0.15, 0.2) is 35.3 Å². The minimum Gasteiger partial charge on any atom is -0.432 e. The van der Waals surface area contributed by atoms with Crippen LogP contribution in [0.2, 0.25) is 0 Å². The molecule has 0 unspecified atom stereocenters. The van der Waals surface area contributed by atoms with Crippen LogP contribution in [0.1, 0.15) is 18.1 Å². The highest BCUT2D eigenvalue weighted by Gasteiger charge is 2.11. The number of anilines is 2. The fourth-order valence-corrected chi connectivity index (χ4v) is 2.24. The normalized spacial score (nSPS) is 11.2. The monoisotopic (exact) mass is 365 g/mol. The molecule has 4 nitrogen and oxygen atoms in total. The molecule has 26 heavy (non-hydrogen) atoms. The molecule has 0 atom stereocenters. The molecule has 0 heterocycles. The molecule has 140 valence electrons. The van der Waals surface area contributed by atoms with Crippen LogP contribution in [0.25, 0.3) is 0 Å². The van der Waals surface area contributed by atoms with Crippen LogP contribution in [0, 0.1) is 19.7 Å². The first-order chi connectivity index (χ1) is 12.3. The van der Waals surface area contributed by atoms with Crippen LogP contribution in [-0.2, 0) is 0 Å². The molecule has 0 radical (unpaired) electrons. The van der Waals surface area contributed by atoms with Crippen molar-refractivity contribution in [1.82, 2.24) is 4.90 Å². The van der Waals surface area contributed by atoms with Gasteiger partial charge in [-0.05, 0) is 56.2 Å². The molecule has 0 spiro atoms. The molecular formula is C19H22F3N3O. The molecule has 0 aromatic heterocycles. The number of halogens is 3. The van der Waals surface area contributed by atoms with E-state index in [0.29, 0.717) is 5.69 Å². The molecule has 0 fully saturated rings. The van der Waals surface area contributed by atoms with Crippen molar-refractivity contribution >= 4 is 23.4 Å². The van der Waals surface area contributed by atoms with E-state index in [0.717, 1.165) is 35.1 Å². The number of nitrogens with zero attached hydrogens (tertiary/aromatic N) is 2. The number of nitrogens with one attached hydrogen (secondary N) is 1. The summed E-state index contributed by atoms with van der Waals surface area (Å²) in [4.78, 5) is 6.43. The highest BCUT2D eigenvalue weighted by Crippen LogP contribution is 2.31. The van der Waals surface area contributed by atoms with E-state index < -0.39 is 18.2 Å². The summed E-state index contributed by atoms with van der Waals surface area (Å²) in [5.74, 6) is -1.34. The lowest BCUT2D eigenvalue weighted by atomic mass is 10.1. The van der Waals surface area contributed by atoms with Crippen LogP contribution < -0.4 is 10.1 Å². The largest absolute Gasteiger partial charge is 0.432 e. The Bertz CT molecular complexity index is 794. The molecule has 2 aromatic carbocycles. The van der Waals surface area contributed by atoms with Crippen LogP contribution in [0.5, 0.6) is 5.75 Å². The van der Waals surface area contributed by atoms with Gasteiger partial charge in [0, 0.05) is 31.0 Å². The predicted octanol–water partition coefficient (Wildman–Crippen LogP) is 5.40. The molecule has 2 rings (SSSR count). The average Bonchev–Trinajstić information content (AvgIpc) is 2.58. The van der Waals surface area contributed by atoms with Crippen molar-refractivity contribution in [3.05, 3.63) is 47.3 Å². The summed E-state index contributed by atoms with van der Waals surface area (Å²) in [5, 5.41) is 3.10. The van der Waals surface area contributed by atoms with Crippen molar-refractivity contribution < 1.29 is 17.9 Å². The molecule has 0 aliphatic carbocycles. The predicted molar refractivity (Wildman–Crippen MR) is 98.7 cm³/mol. The summed E-state index contributed by atoms with van der Waals surface area (Å²) >= 11 is 0. The Morgan fingerprint density at radius 1 is 1.19 bits per heavy atom. The van der Waals surface area contributed by atoms with Gasteiger partial charge in [0.2, 0.25) is 0 Å². The Balaban J connectivity index is 2.25. The minimum absolute atomic E-state index is 0.450. The lowest BCUT2D eigenvalue weighted by molar-refractivity contribution is -0.0521. The van der Waals surface area contributed by atoms with Gasteiger partial charge in [0.1, 0.15) is 0 Å². The number of hydrogen-bond acceptors (Lipinski definition) is 3. The Kier molecular flexibility index (Phi) is 6.49. The van der Waals surface area contributed by atoms with E-state index in [9.17, 15) is 13.2 Å². The SMILES string of the molecule is CCN(C)C=Nc1cc(C)c(Nc2ccc(F)c(OC(F)F)c2)cc1C.